The molecule has 18 heavy (non-hydrogen) atoms. The van der Waals surface area contributed by atoms with E-state index >= 15 is 0 Å². The van der Waals surface area contributed by atoms with Gasteiger partial charge in [0.05, 0.1) is 5.56 Å². The fourth-order valence-corrected chi connectivity index (χ4v) is 2.56. The van der Waals surface area contributed by atoms with Crippen LogP contribution >= 0.6 is 0 Å². The molecule has 1 aromatic carbocycles. The highest BCUT2D eigenvalue weighted by molar-refractivity contribution is 5.35. The van der Waals surface area contributed by atoms with E-state index in [2.05, 4.69) is 5.92 Å². The first kappa shape index (κ1) is 13.0. The number of likely N-dealkylation sites (tertiary alicyclic amines) is 1. The lowest BCUT2D eigenvalue weighted by molar-refractivity contribution is -0.138. The van der Waals surface area contributed by atoms with Gasteiger partial charge in [-0.15, -0.1) is 12.3 Å². The van der Waals surface area contributed by atoms with Crippen molar-refractivity contribution < 1.29 is 13.2 Å². The van der Waals surface area contributed by atoms with E-state index < -0.39 is 11.7 Å². The van der Waals surface area contributed by atoms with E-state index in [1.54, 1.807) is 6.07 Å². The van der Waals surface area contributed by atoms with Gasteiger partial charge in [0, 0.05) is 24.9 Å². The Morgan fingerprint density at radius 2 is 1.94 bits per heavy atom. The van der Waals surface area contributed by atoms with E-state index in [1.165, 1.54) is 12.1 Å². The van der Waals surface area contributed by atoms with Crippen LogP contribution in [0.3, 0.4) is 0 Å². The molecule has 4 heteroatoms. The molecule has 1 aliphatic heterocycles. The number of benzene rings is 1. The highest BCUT2D eigenvalue weighted by Crippen LogP contribution is 2.39. The quantitative estimate of drug-likeness (QED) is 0.695. The molecule has 0 saturated carbocycles. The fraction of sp³-hybridized carbons (Fsp3) is 0.429. The van der Waals surface area contributed by atoms with Crippen molar-refractivity contribution in [2.45, 2.75) is 12.1 Å². The molecule has 0 N–H and O–H groups in total. The predicted octanol–water partition coefficient (Wildman–Crippen LogP) is 2.98. The smallest absolute Gasteiger partial charge is 0.304 e. The molecule has 96 valence electrons. The number of terminal acetylenes is 1. The molecule has 0 aliphatic carbocycles. The largest absolute Gasteiger partial charge is 0.416 e. The first-order valence-electron chi connectivity index (χ1n) is 5.74. The highest BCUT2D eigenvalue weighted by Gasteiger charge is 2.39. The van der Waals surface area contributed by atoms with Crippen molar-refractivity contribution in [3.8, 4) is 12.3 Å². The van der Waals surface area contributed by atoms with E-state index in [4.69, 9.17) is 6.42 Å². The van der Waals surface area contributed by atoms with Crippen LogP contribution in [0, 0.1) is 18.3 Å². The maximum Gasteiger partial charge on any atom is 0.416 e. The van der Waals surface area contributed by atoms with Gasteiger partial charge in [0.15, 0.2) is 0 Å². The molecule has 1 aliphatic rings. The van der Waals surface area contributed by atoms with Crippen molar-refractivity contribution in [2.75, 3.05) is 20.1 Å². The van der Waals surface area contributed by atoms with Crippen molar-refractivity contribution in [3.63, 3.8) is 0 Å². The number of halogens is 3. The lowest BCUT2D eigenvalue weighted by atomic mass is 9.86. The summed E-state index contributed by atoms with van der Waals surface area (Å²) in [4.78, 5) is 1.97. The van der Waals surface area contributed by atoms with Crippen LogP contribution in [0.5, 0.6) is 0 Å². The molecule has 1 saturated heterocycles. The van der Waals surface area contributed by atoms with Gasteiger partial charge in [-0.1, -0.05) is 18.2 Å². The summed E-state index contributed by atoms with van der Waals surface area (Å²) >= 11 is 0. The Morgan fingerprint density at radius 1 is 1.28 bits per heavy atom. The van der Waals surface area contributed by atoms with Crippen molar-refractivity contribution in [3.05, 3.63) is 35.4 Å². The summed E-state index contributed by atoms with van der Waals surface area (Å²) in [6.07, 6.45) is 1.10. The van der Waals surface area contributed by atoms with Crippen LogP contribution in [0.2, 0.25) is 0 Å². The second-order valence-corrected chi connectivity index (χ2v) is 4.69. The Bertz CT molecular complexity index is 473. The molecule has 0 aromatic heterocycles. The normalized spacial score (nSPS) is 25.1. The molecular weight excluding hydrogens is 239 g/mol. The molecule has 1 heterocycles. The van der Waals surface area contributed by atoms with Gasteiger partial charge in [0.1, 0.15) is 0 Å². The Balaban J connectivity index is 2.43. The van der Waals surface area contributed by atoms with Crippen molar-refractivity contribution in [2.24, 2.45) is 5.92 Å². The van der Waals surface area contributed by atoms with Gasteiger partial charge in [-0.05, 0) is 18.7 Å². The van der Waals surface area contributed by atoms with Crippen molar-refractivity contribution in [1.29, 1.82) is 0 Å². The van der Waals surface area contributed by atoms with Gasteiger partial charge < -0.3 is 4.90 Å². The summed E-state index contributed by atoms with van der Waals surface area (Å²) in [5, 5.41) is 0. The number of hydrogen-bond acceptors (Lipinski definition) is 1. The summed E-state index contributed by atoms with van der Waals surface area (Å²) in [7, 11) is 1.88. The minimum Gasteiger partial charge on any atom is -0.304 e. The topological polar surface area (TPSA) is 3.24 Å². The molecule has 2 rings (SSSR count). The van der Waals surface area contributed by atoms with Gasteiger partial charge in [-0.2, -0.15) is 13.2 Å². The summed E-state index contributed by atoms with van der Waals surface area (Å²) in [6, 6.07) is 5.71. The van der Waals surface area contributed by atoms with Gasteiger partial charge in [-0.3, -0.25) is 0 Å². The standard InChI is InChI=1S/C14H14F3N/c1-3-10-8-18(2)9-12(10)11-6-4-5-7-13(11)14(15,16)17/h1,4-7,10,12H,8-9H2,2H3/t10-,12-/m0/s1. The molecule has 0 radical (unpaired) electrons. The molecule has 1 fully saturated rings. The van der Waals surface area contributed by atoms with E-state index in [-0.39, 0.29) is 11.8 Å². The molecule has 0 spiro atoms. The second kappa shape index (κ2) is 4.66. The van der Waals surface area contributed by atoms with Crippen LogP contribution < -0.4 is 0 Å². The van der Waals surface area contributed by atoms with Crippen LogP contribution in [0.25, 0.3) is 0 Å². The van der Waals surface area contributed by atoms with E-state index in [9.17, 15) is 13.2 Å². The Morgan fingerprint density at radius 3 is 2.56 bits per heavy atom. The maximum absolute atomic E-state index is 13.0. The van der Waals surface area contributed by atoms with E-state index in [0.29, 0.717) is 18.7 Å². The monoisotopic (exact) mass is 253 g/mol. The minimum absolute atomic E-state index is 0.154. The van der Waals surface area contributed by atoms with Crippen LogP contribution in [-0.2, 0) is 6.18 Å². The molecule has 0 unspecified atom stereocenters. The summed E-state index contributed by atoms with van der Waals surface area (Å²) < 4.78 is 38.9. The number of nitrogens with zero attached hydrogens (tertiary/aromatic N) is 1. The van der Waals surface area contributed by atoms with Gasteiger partial charge in [0.2, 0.25) is 0 Å². The van der Waals surface area contributed by atoms with Gasteiger partial charge in [0.25, 0.3) is 0 Å². The number of hydrogen-bond donors (Lipinski definition) is 0. The van der Waals surface area contributed by atoms with E-state index in [0.717, 1.165) is 6.07 Å². The van der Waals surface area contributed by atoms with Crippen LogP contribution in [0.4, 0.5) is 13.2 Å². The summed E-state index contributed by atoms with van der Waals surface area (Å²) in [6.45, 7) is 1.22. The Kier molecular flexibility index (Phi) is 3.36. The third kappa shape index (κ3) is 2.37. The zero-order chi connectivity index (χ0) is 13.3. The average Bonchev–Trinajstić information content (AvgIpc) is 2.69. The Labute approximate surface area is 105 Å². The second-order valence-electron chi connectivity index (χ2n) is 4.69. The fourth-order valence-electron chi connectivity index (χ4n) is 2.56. The van der Waals surface area contributed by atoms with Crippen LogP contribution in [0.15, 0.2) is 24.3 Å². The molecule has 2 atom stereocenters. The predicted molar refractivity (Wildman–Crippen MR) is 64.0 cm³/mol. The van der Waals surface area contributed by atoms with Crippen LogP contribution in [-0.4, -0.2) is 25.0 Å². The van der Waals surface area contributed by atoms with Gasteiger partial charge in [-0.25, -0.2) is 0 Å². The third-order valence-corrected chi connectivity index (χ3v) is 3.38. The first-order valence-corrected chi connectivity index (χ1v) is 5.74. The number of likely N-dealkylation sites (N-methyl/N-ethyl adjacent to an activating group) is 1. The first-order chi connectivity index (χ1) is 8.43. The van der Waals surface area contributed by atoms with Crippen LogP contribution in [0.1, 0.15) is 17.0 Å². The number of alkyl halides is 3. The van der Waals surface area contributed by atoms with Gasteiger partial charge >= 0.3 is 6.18 Å². The SMILES string of the molecule is C#C[C@H]1CN(C)C[C@@H]1c1ccccc1C(F)(F)F. The maximum atomic E-state index is 13.0. The molecular formula is C14H14F3N. The average molecular weight is 253 g/mol. The zero-order valence-corrected chi connectivity index (χ0v) is 10.0. The van der Waals surface area contributed by atoms with E-state index in [1.807, 2.05) is 11.9 Å². The van der Waals surface area contributed by atoms with Crippen molar-refractivity contribution in [1.82, 2.24) is 4.90 Å². The van der Waals surface area contributed by atoms with Crippen molar-refractivity contribution >= 4 is 0 Å². The molecule has 0 amide bonds. The Hall–Kier alpha value is -1.47. The zero-order valence-electron chi connectivity index (χ0n) is 10.0. The summed E-state index contributed by atoms with van der Waals surface area (Å²) in [5.74, 6) is 2.22. The molecule has 0 bridgehead atoms. The third-order valence-electron chi connectivity index (χ3n) is 3.38. The number of rotatable bonds is 1. The highest BCUT2D eigenvalue weighted by atomic mass is 19.4. The lowest BCUT2D eigenvalue weighted by Gasteiger charge is -2.19. The summed E-state index contributed by atoms with van der Waals surface area (Å²) in [5.41, 5.74) is -0.247. The lowest BCUT2D eigenvalue weighted by Crippen LogP contribution is -2.16. The molecule has 1 aromatic rings. The molecule has 1 nitrogen and oxygen atoms in total. The minimum atomic E-state index is -4.32.